The Hall–Kier alpha value is -0.680. The molecular formula is C12H18O6. The summed E-state index contributed by atoms with van der Waals surface area (Å²) in [5.41, 5.74) is 0. The quantitative estimate of drug-likeness (QED) is 0.645. The van der Waals surface area contributed by atoms with Crippen molar-refractivity contribution >= 4 is 0 Å². The molecule has 2 N–H and O–H groups in total. The highest BCUT2D eigenvalue weighted by atomic mass is 16.8. The number of terminal acetylenes is 1. The lowest BCUT2D eigenvalue weighted by molar-refractivity contribution is -0.230. The fraction of sp³-hybridized carbons (Fsp3) is 0.833. The van der Waals surface area contributed by atoms with Crippen molar-refractivity contribution in [3.8, 4) is 12.3 Å². The van der Waals surface area contributed by atoms with E-state index < -0.39 is 43.1 Å². The zero-order valence-electron chi connectivity index (χ0n) is 10.4. The van der Waals surface area contributed by atoms with Crippen molar-refractivity contribution in [3.05, 3.63) is 0 Å². The molecular weight excluding hydrogens is 240 g/mol. The van der Waals surface area contributed by atoms with Crippen molar-refractivity contribution in [1.29, 1.82) is 0 Å². The predicted octanol–water partition coefficient (Wildman–Crippen LogP) is -0.766. The van der Waals surface area contributed by atoms with Crippen LogP contribution in [0.2, 0.25) is 0 Å². The Morgan fingerprint density at radius 1 is 1.44 bits per heavy atom. The average molecular weight is 258 g/mol. The topological polar surface area (TPSA) is 77.4 Å². The lowest BCUT2D eigenvalue weighted by Gasteiger charge is -2.27. The van der Waals surface area contributed by atoms with E-state index in [4.69, 9.17) is 30.5 Å². The molecule has 0 aromatic rings. The van der Waals surface area contributed by atoms with Gasteiger partial charge in [-0.25, -0.2) is 0 Å². The molecule has 0 unspecified atom stereocenters. The van der Waals surface area contributed by atoms with Crippen LogP contribution in [0.4, 0.5) is 0 Å². The molecule has 2 fully saturated rings. The Morgan fingerprint density at radius 2 is 2.17 bits per heavy atom. The van der Waals surface area contributed by atoms with E-state index in [0.29, 0.717) is 0 Å². The first kappa shape index (κ1) is 13.7. The van der Waals surface area contributed by atoms with Crippen LogP contribution >= 0.6 is 0 Å². The third-order valence-corrected chi connectivity index (χ3v) is 2.95. The van der Waals surface area contributed by atoms with Gasteiger partial charge in [-0.05, 0) is 13.8 Å². The number of hydrogen-bond acceptors (Lipinski definition) is 6. The Kier molecular flexibility index (Phi) is 3.92. The van der Waals surface area contributed by atoms with E-state index in [9.17, 15) is 5.11 Å². The van der Waals surface area contributed by atoms with Crippen LogP contribution in [0, 0.1) is 12.3 Å². The summed E-state index contributed by atoms with van der Waals surface area (Å²) in [6.45, 7) is 3.19. The molecule has 6 nitrogen and oxygen atoms in total. The van der Waals surface area contributed by atoms with Gasteiger partial charge in [0.1, 0.15) is 31.0 Å². The minimum Gasteiger partial charge on any atom is -0.394 e. The molecule has 0 amide bonds. The summed E-state index contributed by atoms with van der Waals surface area (Å²) in [7, 11) is 0. The summed E-state index contributed by atoms with van der Waals surface area (Å²) in [6.07, 6.45) is 1.74. The molecule has 18 heavy (non-hydrogen) atoms. The Bertz CT molecular complexity index is 336. The summed E-state index contributed by atoms with van der Waals surface area (Å²) in [5, 5.41) is 18.7. The van der Waals surface area contributed by atoms with Crippen LogP contribution < -0.4 is 0 Å². The van der Waals surface area contributed by atoms with E-state index in [1.165, 1.54) is 0 Å². The zero-order valence-corrected chi connectivity index (χ0v) is 10.4. The van der Waals surface area contributed by atoms with Gasteiger partial charge in [0.15, 0.2) is 12.1 Å². The van der Waals surface area contributed by atoms with Crippen molar-refractivity contribution in [2.75, 3.05) is 13.2 Å². The van der Waals surface area contributed by atoms with Gasteiger partial charge in [0.25, 0.3) is 0 Å². The summed E-state index contributed by atoms with van der Waals surface area (Å²) in [5.74, 6) is 1.59. The maximum atomic E-state index is 9.69. The van der Waals surface area contributed by atoms with E-state index >= 15 is 0 Å². The van der Waals surface area contributed by atoms with E-state index in [1.54, 1.807) is 13.8 Å². The zero-order chi connectivity index (χ0) is 13.3. The maximum Gasteiger partial charge on any atom is 0.190 e. The fourth-order valence-corrected chi connectivity index (χ4v) is 2.25. The molecule has 2 saturated heterocycles. The number of aliphatic hydroxyl groups excluding tert-OH is 2. The Morgan fingerprint density at radius 3 is 2.78 bits per heavy atom. The largest absolute Gasteiger partial charge is 0.394 e. The van der Waals surface area contributed by atoms with Gasteiger partial charge in [0, 0.05) is 0 Å². The van der Waals surface area contributed by atoms with E-state index in [-0.39, 0.29) is 6.61 Å². The van der Waals surface area contributed by atoms with Crippen molar-refractivity contribution in [1.82, 2.24) is 0 Å². The van der Waals surface area contributed by atoms with Gasteiger partial charge in [0.2, 0.25) is 0 Å². The second-order valence-corrected chi connectivity index (χ2v) is 4.80. The molecule has 6 heteroatoms. The lowest BCUT2D eigenvalue weighted by atomic mass is 10.1. The normalized spacial score (nSPS) is 39.3. The van der Waals surface area contributed by atoms with E-state index in [2.05, 4.69) is 5.92 Å². The molecule has 2 rings (SSSR count). The second kappa shape index (κ2) is 5.13. The van der Waals surface area contributed by atoms with Crippen molar-refractivity contribution in [2.45, 2.75) is 50.3 Å². The van der Waals surface area contributed by atoms with Crippen LogP contribution in [0.3, 0.4) is 0 Å². The lowest BCUT2D eigenvalue weighted by Crippen LogP contribution is -2.44. The van der Waals surface area contributed by atoms with Crippen molar-refractivity contribution in [3.63, 3.8) is 0 Å². The van der Waals surface area contributed by atoms with Crippen LogP contribution in [0.5, 0.6) is 0 Å². The van der Waals surface area contributed by atoms with Gasteiger partial charge in [-0.3, -0.25) is 0 Å². The van der Waals surface area contributed by atoms with Gasteiger partial charge in [-0.15, -0.1) is 6.42 Å². The number of rotatable bonds is 4. The molecule has 5 atom stereocenters. The molecule has 0 aromatic heterocycles. The number of hydrogen-bond donors (Lipinski definition) is 2. The molecule has 2 heterocycles. The number of aliphatic hydroxyl groups is 2. The minimum atomic E-state index is -1.06. The molecule has 2 aliphatic rings. The van der Waals surface area contributed by atoms with Crippen molar-refractivity contribution in [2.24, 2.45) is 0 Å². The SMILES string of the molecule is C#CCO[C@H]1[C@H]2OC(C)(C)O[C@H]2O[C@@H]1[C@H](O)CO. The van der Waals surface area contributed by atoms with Crippen LogP contribution in [-0.4, -0.2) is 59.9 Å². The number of fused-ring (bicyclic) bond motifs is 1. The molecule has 102 valence electrons. The molecule has 2 aliphatic heterocycles. The highest BCUT2D eigenvalue weighted by molar-refractivity contribution is 4.98. The second-order valence-electron chi connectivity index (χ2n) is 4.80. The standard InChI is InChI=1S/C12H18O6/c1-4-5-15-9-8(7(14)6-13)16-11-10(9)17-12(2,3)18-11/h1,7-11,13-14H,5-6H2,2-3H3/t7-,8-,9-,10-,11-/m1/s1. The van der Waals surface area contributed by atoms with Crippen molar-refractivity contribution < 1.29 is 29.2 Å². The van der Waals surface area contributed by atoms with E-state index in [1.807, 2.05) is 0 Å². The minimum absolute atomic E-state index is 0.0791. The maximum absolute atomic E-state index is 9.69. The summed E-state index contributed by atoms with van der Waals surface area (Å²) >= 11 is 0. The molecule has 0 radical (unpaired) electrons. The molecule has 0 aliphatic carbocycles. The highest BCUT2D eigenvalue weighted by Crippen LogP contribution is 2.39. The first-order chi connectivity index (χ1) is 8.48. The first-order valence-electron chi connectivity index (χ1n) is 5.83. The monoisotopic (exact) mass is 258 g/mol. The van der Waals surface area contributed by atoms with Gasteiger partial charge < -0.3 is 29.2 Å². The van der Waals surface area contributed by atoms with Crippen LogP contribution in [0.25, 0.3) is 0 Å². The number of ether oxygens (including phenoxy) is 4. The molecule has 0 aromatic carbocycles. The Labute approximate surface area is 106 Å². The van der Waals surface area contributed by atoms with Gasteiger partial charge >= 0.3 is 0 Å². The molecule has 0 saturated carbocycles. The fourth-order valence-electron chi connectivity index (χ4n) is 2.25. The van der Waals surface area contributed by atoms with Gasteiger partial charge in [-0.1, -0.05) is 5.92 Å². The third kappa shape index (κ3) is 2.52. The molecule has 0 bridgehead atoms. The predicted molar refractivity (Wildman–Crippen MR) is 60.4 cm³/mol. The van der Waals surface area contributed by atoms with Gasteiger partial charge in [-0.2, -0.15) is 0 Å². The van der Waals surface area contributed by atoms with E-state index in [0.717, 1.165) is 0 Å². The molecule has 0 spiro atoms. The summed E-state index contributed by atoms with van der Waals surface area (Å²) in [6, 6.07) is 0. The Balaban J connectivity index is 2.10. The van der Waals surface area contributed by atoms with Crippen LogP contribution in [0.1, 0.15) is 13.8 Å². The van der Waals surface area contributed by atoms with Crippen LogP contribution in [0.15, 0.2) is 0 Å². The van der Waals surface area contributed by atoms with Crippen LogP contribution in [-0.2, 0) is 18.9 Å². The first-order valence-corrected chi connectivity index (χ1v) is 5.83. The smallest absolute Gasteiger partial charge is 0.190 e. The third-order valence-electron chi connectivity index (χ3n) is 2.95. The summed E-state index contributed by atoms with van der Waals surface area (Å²) < 4.78 is 22.2. The summed E-state index contributed by atoms with van der Waals surface area (Å²) in [4.78, 5) is 0. The van der Waals surface area contributed by atoms with Gasteiger partial charge in [0.05, 0.1) is 6.61 Å². The average Bonchev–Trinajstić information content (AvgIpc) is 2.77. The highest BCUT2D eigenvalue weighted by Gasteiger charge is 2.56.